The van der Waals surface area contributed by atoms with Gasteiger partial charge in [-0.25, -0.2) is 4.98 Å². The Hall–Kier alpha value is -3.34. The Kier molecular flexibility index (Phi) is 5.24. The number of benzene rings is 2. The number of aryl methyl sites for hydroxylation is 1. The number of aromatic nitrogens is 1. The predicted octanol–water partition coefficient (Wildman–Crippen LogP) is 4.14. The molecule has 4 rings (SSSR count). The Bertz CT molecular complexity index is 934. The molecular weight excluding hydrogens is 350 g/mol. The summed E-state index contributed by atoms with van der Waals surface area (Å²) in [5.41, 5.74) is 1.83. The molecule has 0 saturated carbocycles. The number of rotatable bonds is 4. The highest BCUT2D eigenvalue weighted by Gasteiger charge is 2.23. The van der Waals surface area contributed by atoms with E-state index in [2.05, 4.69) is 9.88 Å². The van der Waals surface area contributed by atoms with E-state index in [-0.39, 0.29) is 5.91 Å². The lowest BCUT2D eigenvalue weighted by molar-refractivity contribution is 0.0746. The van der Waals surface area contributed by atoms with Gasteiger partial charge in [-0.1, -0.05) is 29.8 Å². The molecule has 1 aromatic heterocycles. The van der Waals surface area contributed by atoms with Gasteiger partial charge in [-0.2, -0.15) is 0 Å². The number of hydrogen-bond donors (Lipinski definition) is 0. The van der Waals surface area contributed by atoms with E-state index in [1.807, 2.05) is 78.6 Å². The zero-order chi connectivity index (χ0) is 19.3. The Morgan fingerprint density at radius 1 is 0.893 bits per heavy atom. The Morgan fingerprint density at radius 3 is 2.39 bits per heavy atom. The fourth-order valence-corrected chi connectivity index (χ4v) is 3.30. The van der Waals surface area contributed by atoms with E-state index in [9.17, 15) is 4.79 Å². The van der Waals surface area contributed by atoms with Crippen molar-refractivity contribution >= 4 is 11.7 Å². The summed E-state index contributed by atoms with van der Waals surface area (Å²) in [5.74, 6) is 2.43. The molecular formula is C23H23N3O2. The topological polar surface area (TPSA) is 45.7 Å². The molecule has 0 spiro atoms. The van der Waals surface area contributed by atoms with Gasteiger partial charge in [0, 0.05) is 37.9 Å². The van der Waals surface area contributed by atoms with Gasteiger partial charge in [0.05, 0.1) is 0 Å². The van der Waals surface area contributed by atoms with Gasteiger partial charge >= 0.3 is 0 Å². The van der Waals surface area contributed by atoms with Crippen LogP contribution in [0.4, 0.5) is 5.82 Å². The molecule has 1 aliphatic rings. The molecule has 0 bridgehead atoms. The first-order valence-corrected chi connectivity index (χ1v) is 9.49. The lowest BCUT2D eigenvalue weighted by atomic mass is 10.1. The van der Waals surface area contributed by atoms with Gasteiger partial charge in [0.25, 0.3) is 5.91 Å². The number of piperazine rings is 1. The highest BCUT2D eigenvalue weighted by molar-refractivity contribution is 5.94. The van der Waals surface area contributed by atoms with Crippen LogP contribution >= 0.6 is 0 Å². The Balaban J connectivity index is 1.40. The van der Waals surface area contributed by atoms with E-state index in [1.165, 1.54) is 5.56 Å². The second-order valence-corrected chi connectivity index (χ2v) is 6.91. The molecule has 1 saturated heterocycles. The van der Waals surface area contributed by atoms with E-state index < -0.39 is 0 Å². The molecule has 0 atom stereocenters. The summed E-state index contributed by atoms with van der Waals surface area (Å²) in [6, 6.07) is 21.2. The van der Waals surface area contributed by atoms with Crippen molar-refractivity contribution in [2.75, 3.05) is 31.1 Å². The van der Waals surface area contributed by atoms with Crippen molar-refractivity contribution in [2.45, 2.75) is 6.92 Å². The molecule has 1 amide bonds. The summed E-state index contributed by atoms with van der Waals surface area (Å²) >= 11 is 0. The van der Waals surface area contributed by atoms with Gasteiger partial charge < -0.3 is 14.5 Å². The van der Waals surface area contributed by atoms with Gasteiger partial charge in [-0.05, 0) is 49.4 Å². The van der Waals surface area contributed by atoms with Crippen LogP contribution in [0.25, 0.3) is 0 Å². The number of hydrogen-bond acceptors (Lipinski definition) is 4. The quantitative estimate of drug-likeness (QED) is 0.689. The molecule has 0 N–H and O–H groups in total. The van der Waals surface area contributed by atoms with Crippen molar-refractivity contribution in [1.29, 1.82) is 0 Å². The number of pyridine rings is 1. The zero-order valence-electron chi connectivity index (χ0n) is 15.9. The molecule has 0 unspecified atom stereocenters. The van der Waals surface area contributed by atoms with Crippen LogP contribution in [0.5, 0.6) is 11.5 Å². The second-order valence-electron chi connectivity index (χ2n) is 6.91. The van der Waals surface area contributed by atoms with Crippen molar-refractivity contribution < 1.29 is 9.53 Å². The fourth-order valence-electron chi connectivity index (χ4n) is 3.30. The molecule has 1 aliphatic heterocycles. The number of ether oxygens (including phenoxy) is 1. The van der Waals surface area contributed by atoms with Gasteiger partial charge in [0.15, 0.2) is 0 Å². The monoisotopic (exact) mass is 373 g/mol. The van der Waals surface area contributed by atoms with Crippen molar-refractivity contribution in [3.8, 4) is 11.5 Å². The van der Waals surface area contributed by atoms with Crippen molar-refractivity contribution in [2.24, 2.45) is 0 Å². The maximum atomic E-state index is 12.9. The molecule has 3 aromatic rings. The maximum Gasteiger partial charge on any atom is 0.254 e. The first-order chi connectivity index (χ1) is 13.7. The molecule has 0 aliphatic carbocycles. The standard InChI is InChI=1S/C23H23N3O2/c1-18-8-10-20(11-9-18)28-21-6-4-5-19(17-21)23(27)26-15-13-25(14-16-26)22-7-2-3-12-24-22/h2-12,17H,13-16H2,1H3. The number of carbonyl (C=O) groups excluding carboxylic acids is 1. The van der Waals surface area contributed by atoms with Crippen LogP contribution in [0, 0.1) is 6.92 Å². The number of nitrogens with zero attached hydrogens (tertiary/aromatic N) is 3. The highest BCUT2D eigenvalue weighted by Crippen LogP contribution is 2.23. The summed E-state index contributed by atoms with van der Waals surface area (Å²) in [5, 5.41) is 0. The molecule has 5 heteroatoms. The average molecular weight is 373 g/mol. The first-order valence-electron chi connectivity index (χ1n) is 9.49. The SMILES string of the molecule is Cc1ccc(Oc2cccc(C(=O)N3CCN(c4ccccn4)CC3)c2)cc1. The number of amides is 1. The molecule has 2 heterocycles. The summed E-state index contributed by atoms with van der Waals surface area (Å²) in [6.07, 6.45) is 1.80. The Morgan fingerprint density at radius 2 is 1.68 bits per heavy atom. The van der Waals surface area contributed by atoms with E-state index in [4.69, 9.17) is 4.74 Å². The minimum Gasteiger partial charge on any atom is -0.457 e. The van der Waals surface area contributed by atoms with Gasteiger partial charge in [-0.3, -0.25) is 4.79 Å². The van der Waals surface area contributed by atoms with E-state index in [0.717, 1.165) is 24.7 Å². The van der Waals surface area contributed by atoms with Crippen molar-refractivity contribution in [1.82, 2.24) is 9.88 Å². The number of anilines is 1. The molecule has 5 nitrogen and oxygen atoms in total. The van der Waals surface area contributed by atoms with Crippen LogP contribution in [0.2, 0.25) is 0 Å². The van der Waals surface area contributed by atoms with Crippen LogP contribution in [0.15, 0.2) is 72.9 Å². The third-order valence-electron chi connectivity index (χ3n) is 4.88. The third kappa shape index (κ3) is 4.14. The molecule has 28 heavy (non-hydrogen) atoms. The summed E-state index contributed by atoms with van der Waals surface area (Å²) in [6.45, 7) is 4.96. The largest absolute Gasteiger partial charge is 0.457 e. The lowest BCUT2D eigenvalue weighted by Gasteiger charge is -2.35. The zero-order valence-corrected chi connectivity index (χ0v) is 15.9. The molecule has 1 fully saturated rings. The van der Waals surface area contributed by atoms with E-state index in [0.29, 0.717) is 24.4 Å². The smallest absolute Gasteiger partial charge is 0.254 e. The van der Waals surface area contributed by atoms with Crippen LogP contribution in [0.1, 0.15) is 15.9 Å². The maximum absolute atomic E-state index is 12.9. The van der Waals surface area contributed by atoms with Crippen molar-refractivity contribution in [3.63, 3.8) is 0 Å². The van der Waals surface area contributed by atoms with Gasteiger partial charge in [0.1, 0.15) is 17.3 Å². The first kappa shape index (κ1) is 18.0. The van der Waals surface area contributed by atoms with Gasteiger partial charge in [-0.15, -0.1) is 0 Å². The molecule has 2 aromatic carbocycles. The van der Waals surface area contributed by atoms with E-state index in [1.54, 1.807) is 6.20 Å². The fraction of sp³-hybridized carbons (Fsp3) is 0.217. The van der Waals surface area contributed by atoms with E-state index >= 15 is 0 Å². The lowest BCUT2D eigenvalue weighted by Crippen LogP contribution is -2.49. The van der Waals surface area contributed by atoms with Crippen LogP contribution < -0.4 is 9.64 Å². The molecule has 142 valence electrons. The predicted molar refractivity (Wildman–Crippen MR) is 110 cm³/mol. The molecule has 0 radical (unpaired) electrons. The summed E-state index contributed by atoms with van der Waals surface area (Å²) in [4.78, 5) is 21.4. The van der Waals surface area contributed by atoms with Crippen LogP contribution in [-0.2, 0) is 0 Å². The summed E-state index contributed by atoms with van der Waals surface area (Å²) in [7, 11) is 0. The van der Waals surface area contributed by atoms with Crippen molar-refractivity contribution in [3.05, 3.63) is 84.1 Å². The Labute approximate surface area is 165 Å². The second kappa shape index (κ2) is 8.13. The number of carbonyl (C=O) groups is 1. The third-order valence-corrected chi connectivity index (χ3v) is 4.88. The average Bonchev–Trinajstić information content (AvgIpc) is 2.76. The minimum atomic E-state index is 0.0371. The van der Waals surface area contributed by atoms with Crippen LogP contribution in [0.3, 0.4) is 0 Å². The highest BCUT2D eigenvalue weighted by atomic mass is 16.5. The normalized spacial score (nSPS) is 14.0. The van der Waals surface area contributed by atoms with Crippen LogP contribution in [-0.4, -0.2) is 42.0 Å². The summed E-state index contributed by atoms with van der Waals surface area (Å²) < 4.78 is 5.90. The minimum absolute atomic E-state index is 0.0371. The van der Waals surface area contributed by atoms with Gasteiger partial charge in [0.2, 0.25) is 0 Å².